The maximum Gasteiger partial charge on any atom is 0.224 e. The molecule has 0 aliphatic heterocycles. The molecule has 146 valence electrons. The third-order valence-electron chi connectivity index (χ3n) is 4.25. The molecule has 2 N–H and O–H groups in total. The van der Waals surface area contributed by atoms with Crippen molar-refractivity contribution in [2.45, 2.75) is 34.1 Å². The summed E-state index contributed by atoms with van der Waals surface area (Å²) < 4.78 is 1.80. The minimum atomic E-state index is 0.00889. The molecule has 0 aliphatic carbocycles. The Kier molecular flexibility index (Phi) is 6.03. The van der Waals surface area contributed by atoms with Crippen LogP contribution in [0.5, 0.6) is 0 Å². The van der Waals surface area contributed by atoms with E-state index in [4.69, 9.17) is 0 Å². The van der Waals surface area contributed by atoms with Gasteiger partial charge in [0.05, 0.1) is 12.1 Å². The fourth-order valence-corrected chi connectivity index (χ4v) is 3.07. The average Bonchev–Trinajstić information content (AvgIpc) is 2.97. The Balaban J connectivity index is 1.53. The van der Waals surface area contributed by atoms with Crippen LogP contribution in [0.2, 0.25) is 0 Å². The van der Waals surface area contributed by atoms with Crippen molar-refractivity contribution in [3.05, 3.63) is 64.7 Å². The van der Waals surface area contributed by atoms with Crippen LogP contribution in [-0.4, -0.2) is 38.7 Å². The van der Waals surface area contributed by atoms with Crippen LogP contribution in [0.4, 0.5) is 5.82 Å². The van der Waals surface area contributed by atoms with Crippen LogP contribution >= 0.6 is 0 Å². The fraction of sp³-hybridized carbons (Fsp3) is 0.333. The zero-order valence-corrected chi connectivity index (χ0v) is 16.8. The quantitative estimate of drug-likeness (QED) is 0.618. The molecule has 0 unspecified atom stereocenters. The second-order valence-electron chi connectivity index (χ2n) is 6.94. The molecule has 28 heavy (non-hydrogen) atoms. The maximum atomic E-state index is 12.1. The number of hydrogen-bond donors (Lipinski definition) is 2. The number of benzene rings is 1. The molecule has 0 saturated heterocycles. The Morgan fingerprint density at radius 1 is 1.04 bits per heavy atom. The molecule has 0 saturated carbocycles. The van der Waals surface area contributed by atoms with Crippen LogP contribution in [-0.2, 0) is 11.2 Å². The van der Waals surface area contributed by atoms with E-state index in [0.717, 1.165) is 28.3 Å². The van der Waals surface area contributed by atoms with E-state index in [2.05, 4.69) is 25.7 Å². The maximum absolute atomic E-state index is 12.1. The van der Waals surface area contributed by atoms with Gasteiger partial charge in [-0.05, 0) is 39.3 Å². The number of aromatic nitrogens is 4. The SMILES string of the molecule is Cc1cccc(CC(=O)NCCNc2cc(-n3nc(C)cc3C)nc(C)n2)c1. The minimum absolute atomic E-state index is 0.00889. The summed E-state index contributed by atoms with van der Waals surface area (Å²) in [6.07, 6.45) is 0.385. The lowest BCUT2D eigenvalue weighted by Crippen LogP contribution is -2.30. The van der Waals surface area contributed by atoms with E-state index in [1.54, 1.807) is 4.68 Å². The van der Waals surface area contributed by atoms with Crippen molar-refractivity contribution in [3.8, 4) is 5.82 Å². The number of anilines is 1. The molecule has 1 aromatic carbocycles. The van der Waals surface area contributed by atoms with Crippen LogP contribution < -0.4 is 10.6 Å². The smallest absolute Gasteiger partial charge is 0.224 e. The molecule has 7 nitrogen and oxygen atoms in total. The van der Waals surface area contributed by atoms with E-state index in [-0.39, 0.29) is 5.91 Å². The molecule has 0 radical (unpaired) electrons. The number of hydrogen-bond acceptors (Lipinski definition) is 5. The Morgan fingerprint density at radius 3 is 2.57 bits per heavy atom. The van der Waals surface area contributed by atoms with Gasteiger partial charge in [-0.2, -0.15) is 5.10 Å². The average molecular weight is 378 g/mol. The van der Waals surface area contributed by atoms with Gasteiger partial charge in [-0.25, -0.2) is 14.6 Å². The molecule has 0 bridgehead atoms. The van der Waals surface area contributed by atoms with Gasteiger partial charge < -0.3 is 10.6 Å². The van der Waals surface area contributed by atoms with Gasteiger partial charge in [-0.3, -0.25) is 4.79 Å². The summed E-state index contributed by atoms with van der Waals surface area (Å²) >= 11 is 0. The number of carbonyl (C=O) groups is 1. The van der Waals surface area contributed by atoms with E-state index in [1.165, 1.54) is 0 Å². The van der Waals surface area contributed by atoms with E-state index in [0.29, 0.717) is 31.2 Å². The van der Waals surface area contributed by atoms with Crippen LogP contribution in [0, 0.1) is 27.7 Å². The van der Waals surface area contributed by atoms with E-state index < -0.39 is 0 Å². The van der Waals surface area contributed by atoms with Gasteiger partial charge in [0.25, 0.3) is 0 Å². The molecule has 0 spiro atoms. The topological polar surface area (TPSA) is 84.7 Å². The van der Waals surface area contributed by atoms with Crippen molar-refractivity contribution in [2.24, 2.45) is 0 Å². The van der Waals surface area contributed by atoms with Crippen molar-refractivity contribution >= 4 is 11.7 Å². The first-order valence-electron chi connectivity index (χ1n) is 9.36. The molecule has 2 aromatic heterocycles. The Hall–Kier alpha value is -3.22. The number of carbonyl (C=O) groups excluding carboxylic acids is 1. The summed E-state index contributed by atoms with van der Waals surface area (Å²) in [5.74, 6) is 2.11. The molecule has 2 heterocycles. The number of aryl methyl sites for hydroxylation is 4. The lowest BCUT2D eigenvalue weighted by Gasteiger charge is -2.10. The molecule has 1 amide bonds. The zero-order valence-electron chi connectivity index (χ0n) is 16.8. The number of rotatable bonds is 7. The standard InChI is InChI=1S/C21H26N6O/c1-14-6-5-7-18(10-14)12-21(28)23-9-8-22-19-13-20(25-17(4)24-19)27-16(3)11-15(2)26-27/h5-7,10-11,13H,8-9,12H2,1-4H3,(H,23,28)(H,22,24,25). The highest BCUT2D eigenvalue weighted by molar-refractivity contribution is 5.78. The van der Waals surface area contributed by atoms with E-state index in [9.17, 15) is 4.79 Å². The lowest BCUT2D eigenvalue weighted by molar-refractivity contribution is -0.120. The largest absolute Gasteiger partial charge is 0.368 e. The lowest BCUT2D eigenvalue weighted by atomic mass is 10.1. The molecule has 3 rings (SSSR count). The van der Waals surface area contributed by atoms with Crippen molar-refractivity contribution in [2.75, 3.05) is 18.4 Å². The first-order chi connectivity index (χ1) is 13.4. The summed E-state index contributed by atoms with van der Waals surface area (Å²) in [6, 6.07) is 11.9. The first-order valence-corrected chi connectivity index (χ1v) is 9.36. The highest BCUT2D eigenvalue weighted by atomic mass is 16.1. The normalized spacial score (nSPS) is 10.7. The van der Waals surface area contributed by atoms with Crippen molar-refractivity contribution < 1.29 is 4.79 Å². The van der Waals surface area contributed by atoms with Crippen LogP contribution in [0.15, 0.2) is 36.4 Å². The summed E-state index contributed by atoms with van der Waals surface area (Å²) in [6.45, 7) is 8.92. The van der Waals surface area contributed by atoms with Gasteiger partial charge in [0.1, 0.15) is 11.6 Å². The summed E-state index contributed by atoms with van der Waals surface area (Å²) in [7, 11) is 0. The van der Waals surface area contributed by atoms with Gasteiger partial charge >= 0.3 is 0 Å². The van der Waals surface area contributed by atoms with Gasteiger partial charge in [0.15, 0.2) is 5.82 Å². The molecular weight excluding hydrogens is 352 g/mol. The highest BCUT2D eigenvalue weighted by Gasteiger charge is 2.08. The number of nitrogens with one attached hydrogen (secondary N) is 2. The molecule has 7 heteroatoms. The Labute approximate surface area is 165 Å². The summed E-state index contributed by atoms with van der Waals surface area (Å²) in [5, 5.41) is 10.6. The molecule has 3 aromatic rings. The summed E-state index contributed by atoms with van der Waals surface area (Å²) in [5.41, 5.74) is 4.14. The third kappa shape index (κ3) is 5.16. The first kappa shape index (κ1) is 19.5. The zero-order chi connectivity index (χ0) is 20.1. The van der Waals surface area contributed by atoms with Gasteiger partial charge in [0, 0.05) is 24.8 Å². The van der Waals surface area contributed by atoms with Crippen molar-refractivity contribution in [1.29, 1.82) is 0 Å². The predicted octanol–water partition coefficient (Wildman–Crippen LogP) is 2.67. The predicted molar refractivity (Wildman–Crippen MR) is 110 cm³/mol. The van der Waals surface area contributed by atoms with Crippen LogP contribution in [0.3, 0.4) is 0 Å². The van der Waals surface area contributed by atoms with E-state index in [1.807, 2.05) is 64.1 Å². The second-order valence-corrected chi connectivity index (χ2v) is 6.94. The number of amides is 1. The van der Waals surface area contributed by atoms with Crippen LogP contribution in [0.1, 0.15) is 28.3 Å². The van der Waals surface area contributed by atoms with Crippen molar-refractivity contribution in [1.82, 2.24) is 25.1 Å². The third-order valence-corrected chi connectivity index (χ3v) is 4.25. The fourth-order valence-electron chi connectivity index (χ4n) is 3.07. The van der Waals surface area contributed by atoms with Gasteiger partial charge in [0.2, 0.25) is 5.91 Å². The second kappa shape index (κ2) is 8.65. The van der Waals surface area contributed by atoms with Gasteiger partial charge in [-0.15, -0.1) is 0 Å². The summed E-state index contributed by atoms with van der Waals surface area (Å²) in [4.78, 5) is 21.0. The monoisotopic (exact) mass is 378 g/mol. The number of nitrogens with zero attached hydrogens (tertiary/aromatic N) is 4. The molecule has 0 aliphatic rings. The van der Waals surface area contributed by atoms with Crippen molar-refractivity contribution in [3.63, 3.8) is 0 Å². The van der Waals surface area contributed by atoms with E-state index >= 15 is 0 Å². The Bertz CT molecular complexity index is 979. The minimum Gasteiger partial charge on any atom is -0.368 e. The molecule has 0 fully saturated rings. The molecule has 0 atom stereocenters. The highest BCUT2D eigenvalue weighted by Crippen LogP contribution is 2.13. The van der Waals surface area contributed by atoms with Gasteiger partial charge in [-0.1, -0.05) is 29.8 Å². The molecular formula is C21H26N6O. The Morgan fingerprint density at radius 2 is 1.86 bits per heavy atom. The van der Waals surface area contributed by atoms with Crippen LogP contribution in [0.25, 0.3) is 5.82 Å².